The number of nitro groups is 1. The van der Waals surface area contributed by atoms with E-state index in [2.05, 4.69) is 15.9 Å². The lowest BCUT2D eigenvalue weighted by Gasteiger charge is -2.36. The molecule has 0 aliphatic carbocycles. The fourth-order valence-electron chi connectivity index (χ4n) is 2.42. The molecule has 1 fully saturated rings. The van der Waals surface area contributed by atoms with E-state index < -0.39 is 4.92 Å². The summed E-state index contributed by atoms with van der Waals surface area (Å²) in [5.74, 6) is -0.183. The van der Waals surface area contributed by atoms with E-state index in [0.717, 1.165) is 5.56 Å². The van der Waals surface area contributed by atoms with Gasteiger partial charge >= 0.3 is 0 Å². The van der Waals surface area contributed by atoms with E-state index in [1.165, 1.54) is 12.1 Å². The summed E-state index contributed by atoms with van der Waals surface area (Å²) in [7, 11) is 0. The van der Waals surface area contributed by atoms with Gasteiger partial charge in [-0.3, -0.25) is 14.9 Å². The van der Waals surface area contributed by atoms with Gasteiger partial charge in [0.05, 0.1) is 17.1 Å². The molecule has 0 bridgehead atoms. The highest BCUT2D eigenvalue weighted by atomic mass is 79.9. The lowest BCUT2D eigenvalue weighted by atomic mass is 10.1. The topological polar surface area (TPSA) is 72.7 Å². The second-order valence-corrected chi connectivity index (χ2v) is 5.84. The van der Waals surface area contributed by atoms with Gasteiger partial charge in [0, 0.05) is 36.1 Å². The predicted molar refractivity (Wildman–Crippen MR) is 81.9 cm³/mol. The first-order chi connectivity index (χ1) is 9.92. The average molecular weight is 357 g/mol. The number of nitrogens with zero attached hydrogens (tertiary/aromatic N) is 2. The minimum absolute atomic E-state index is 0.0516. The molecule has 1 aliphatic heterocycles. The molecule has 1 saturated heterocycles. The third kappa shape index (κ3) is 3.59. The molecule has 21 heavy (non-hydrogen) atoms. The van der Waals surface area contributed by atoms with Crippen LogP contribution in [0.25, 0.3) is 0 Å². The minimum atomic E-state index is -0.487. The molecule has 1 heterocycles. The van der Waals surface area contributed by atoms with Crippen molar-refractivity contribution in [1.82, 2.24) is 4.90 Å². The Hall–Kier alpha value is -1.47. The van der Waals surface area contributed by atoms with Crippen molar-refractivity contribution in [3.63, 3.8) is 0 Å². The Morgan fingerprint density at radius 1 is 1.52 bits per heavy atom. The molecule has 2 rings (SSSR count). The molecule has 2 atom stereocenters. The summed E-state index contributed by atoms with van der Waals surface area (Å²) in [4.78, 5) is 24.7. The van der Waals surface area contributed by atoms with Crippen LogP contribution >= 0.6 is 15.9 Å². The molecular formula is C14H17BrN2O4. The number of aryl methyl sites for hydroxylation is 1. The van der Waals surface area contributed by atoms with Gasteiger partial charge in [0.2, 0.25) is 0 Å². The monoisotopic (exact) mass is 356 g/mol. The van der Waals surface area contributed by atoms with Crippen LogP contribution < -0.4 is 0 Å². The van der Waals surface area contributed by atoms with Gasteiger partial charge in [-0.25, -0.2) is 0 Å². The summed E-state index contributed by atoms with van der Waals surface area (Å²) in [5, 5.41) is 11.5. The summed E-state index contributed by atoms with van der Waals surface area (Å²) in [6.45, 7) is 4.67. The molecule has 1 aromatic carbocycles. The van der Waals surface area contributed by atoms with Crippen molar-refractivity contribution in [2.45, 2.75) is 26.1 Å². The fraction of sp³-hybridized carbons (Fsp3) is 0.500. The van der Waals surface area contributed by atoms with E-state index >= 15 is 0 Å². The molecule has 1 aromatic rings. The standard InChI is InChI=1S/C14H17BrN2O4/c1-9-3-4-11(17(19)20)5-13(9)14(18)16-7-10(2)21-12(6-15)8-16/h3-5,10,12H,6-8H2,1-2H3. The number of halogens is 1. The molecule has 0 spiro atoms. The number of nitro benzene ring substituents is 1. The van der Waals surface area contributed by atoms with Gasteiger partial charge in [-0.2, -0.15) is 0 Å². The zero-order valence-electron chi connectivity index (χ0n) is 11.9. The van der Waals surface area contributed by atoms with Gasteiger partial charge in [-0.1, -0.05) is 22.0 Å². The zero-order chi connectivity index (χ0) is 15.6. The SMILES string of the molecule is Cc1ccc([N+](=O)[O-])cc1C(=O)N1CC(C)OC(CBr)C1. The van der Waals surface area contributed by atoms with Crippen molar-refractivity contribution < 1.29 is 14.5 Å². The van der Waals surface area contributed by atoms with Crippen molar-refractivity contribution in [2.75, 3.05) is 18.4 Å². The first-order valence-electron chi connectivity index (χ1n) is 6.68. The van der Waals surface area contributed by atoms with Crippen molar-refractivity contribution in [1.29, 1.82) is 0 Å². The van der Waals surface area contributed by atoms with Gasteiger partial charge in [0.1, 0.15) is 0 Å². The molecule has 7 heteroatoms. The Kier molecular flexibility index (Phi) is 4.95. The second-order valence-electron chi connectivity index (χ2n) is 5.19. The molecule has 114 valence electrons. The second kappa shape index (κ2) is 6.53. The van der Waals surface area contributed by atoms with Crippen LogP contribution in [0.2, 0.25) is 0 Å². The highest BCUT2D eigenvalue weighted by Crippen LogP contribution is 2.21. The zero-order valence-corrected chi connectivity index (χ0v) is 13.5. The number of non-ortho nitro benzene ring substituents is 1. The molecule has 6 nitrogen and oxygen atoms in total. The number of carbonyl (C=O) groups is 1. The Labute approximate surface area is 131 Å². The van der Waals surface area contributed by atoms with E-state index in [4.69, 9.17) is 4.74 Å². The number of rotatable bonds is 3. The Balaban J connectivity index is 2.26. The summed E-state index contributed by atoms with van der Waals surface area (Å²) in [6, 6.07) is 4.37. The lowest BCUT2D eigenvalue weighted by Crippen LogP contribution is -2.49. The quantitative estimate of drug-likeness (QED) is 0.473. The number of ether oxygens (including phenoxy) is 1. The van der Waals surface area contributed by atoms with E-state index in [9.17, 15) is 14.9 Å². The number of hydrogen-bond acceptors (Lipinski definition) is 4. The van der Waals surface area contributed by atoms with E-state index in [0.29, 0.717) is 24.0 Å². The van der Waals surface area contributed by atoms with Crippen LogP contribution in [0.3, 0.4) is 0 Å². The number of amides is 1. The molecule has 1 amide bonds. The Morgan fingerprint density at radius 2 is 2.24 bits per heavy atom. The number of carbonyl (C=O) groups excluding carboxylic acids is 1. The average Bonchev–Trinajstić information content (AvgIpc) is 2.46. The molecule has 0 aromatic heterocycles. The molecule has 2 unspecified atom stereocenters. The maximum atomic E-state index is 12.6. The van der Waals surface area contributed by atoms with Crippen LogP contribution in [0.1, 0.15) is 22.8 Å². The van der Waals surface area contributed by atoms with Crippen LogP contribution in [0.5, 0.6) is 0 Å². The van der Waals surface area contributed by atoms with Crippen molar-refractivity contribution in [2.24, 2.45) is 0 Å². The first kappa shape index (κ1) is 15.9. The van der Waals surface area contributed by atoms with E-state index in [1.807, 2.05) is 6.92 Å². The summed E-state index contributed by atoms with van der Waals surface area (Å²) in [6.07, 6.45) is -0.110. The van der Waals surface area contributed by atoms with Crippen molar-refractivity contribution in [3.8, 4) is 0 Å². The highest BCUT2D eigenvalue weighted by Gasteiger charge is 2.29. The molecular weight excluding hydrogens is 340 g/mol. The summed E-state index contributed by atoms with van der Waals surface area (Å²) < 4.78 is 5.69. The third-order valence-electron chi connectivity index (χ3n) is 3.45. The Bertz CT molecular complexity index is 564. The molecule has 0 radical (unpaired) electrons. The van der Waals surface area contributed by atoms with Gasteiger partial charge in [0.25, 0.3) is 11.6 Å². The maximum Gasteiger partial charge on any atom is 0.270 e. The number of benzene rings is 1. The first-order valence-corrected chi connectivity index (χ1v) is 7.80. The summed E-state index contributed by atoms with van der Waals surface area (Å²) >= 11 is 3.36. The van der Waals surface area contributed by atoms with E-state index in [1.54, 1.807) is 17.9 Å². The largest absolute Gasteiger partial charge is 0.371 e. The molecule has 0 N–H and O–H groups in total. The lowest BCUT2D eigenvalue weighted by molar-refractivity contribution is -0.384. The smallest absolute Gasteiger partial charge is 0.270 e. The maximum absolute atomic E-state index is 12.6. The number of morpholine rings is 1. The van der Waals surface area contributed by atoms with Gasteiger partial charge in [-0.05, 0) is 19.4 Å². The van der Waals surface area contributed by atoms with E-state index in [-0.39, 0.29) is 23.8 Å². The van der Waals surface area contributed by atoms with Crippen LogP contribution in [-0.4, -0.2) is 46.4 Å². The predicted octanol–water partition coefficient (Wildman–Crippen LogP) is 2.53. The fourth-order valence-corrected chi connectivity index (χ4v) is 2.78. The normalized spacial score (nSPS) is 22.1. The Morgan fingerprint density at radius 3 is 2.86 bits per heavy atom. The van der Waals surface area contributed by atoms with Crippen LogP contribution in [0.15, 0.2) is 18.2 Å². The number of alkyl halides is 1. The van der Waals surface area contributed by atoms with Gasteiger partial charge in [0.15, 0.2) is 0 Å². The van der Waals surface area contributed by atoms with Crippen LogP contribution in [0.4, 0.5) is 5.69 Å². The van der Waals surface area contributed by atoms with Crippen molar-refractivity contribution in [3.05, 3.63) is 39.4 Å². The molecule has 0 saturated carbocycles. The molecule has 1 aliphatic rings. The van der Waals surface area contributed by atoms with Gasteiger partial charge in [-0.15, -0.1) is 0 Å². The van der Waals surface area contributed by atoms with Gasteiger partial charge < -0.3 is 9.64 Å². The van der Waals surface area contributed by atoms with Crippen LogP contribution in [-0.2, 0) is 4.74 Å². The summed E-state index contributed by atoms with van der Waals surface area (Å²) in [5.41, 5.74) is 1.05. The number of hydrogen-bond donors (Lipinski definition) is 0. The highest BCUT2D eigenvalue weighted by molar-refractivity contribution is 9.09. The minimum Gasteiger partial charge on any atom is -0.371 e. The van der Waals surface area contributed by atoms with Crippen LogP contribution in [0, 0.1) is 17.0 Å². The van der Waals surface area contributed by atoms with Crippen molar-refractivity contribution >= 4 is 27.5 Å². The third-order valence-corrected chi connectivity index (χ3v) is 4.17.